The normalized spacial score (nSPS) is 13.4. The minimum Gasteiger partial charge on any atom is -0.355 e. The van der Waals surface area contributed by atoms with Crippen LogP contribution in [0.3, 0.4) is 0 Å². The number of carbonyl (C=O) groups excluding carboxylic acids is 1. The van der Waals surface area contributed by atoms with E-state index in [0.29, 0.717) is 11.3 Å². The highest BCUT2D eigenvalue weighted by Gasteiger charge is 2.18. The van der Waals surface area contributed by atoms with Gasteiger partial charge in [-0.15, -0.1) is 0 Å². The van der Waals surface area contributed by atoms with Crippen LogP contribution in [0.5, 0.6) is 0 Å². The molecule has 0 fully saturated rings. The highest BCUT2D eigenvalue weighted by atomic mass is 32.2. The molecule has 1 amide bonds. The standard InChI is InChI=1S/C17H18N2O3S/c1-18-17(20)13-5-8-15(9-6-13)19-23(21,22)16-10-7-12-3-2-4-14(12)11-16/h5-11,19H,2-4H2,1H3,(H,18,20). The fourth-order valence-electron chi connectivity index (χ4n) is 2.76. The van der Waals surface area contributed by atoms with Gasteiger partial charge in [0.1, 0.15) is 0 Å². The van der Waals surface area contributed by atoms with Crippen molar-refractivity contribution < 1.29 is 13.2 Å². The van der Waals surface area contributed by atoms with Gasteiger partial charge in [-0.2, -0.15) is 0 Å². The molecule has 2 aromatic carbocycles. The van der Waals surface area contributed by atoms with Gasteiger partial charge in [-0.1, -0.05) is 6.07 Å². The Kier molecular flexibility index (Phi) is 4.09. The topological polar surface area (TPSA) is 75.3 Å². The van der Waals surface area contributed by atoms with E-state index in [-0.39, 0.29) is 10.8 Å². The Morgan fingerprint density at radius 2 is 1.70 bits per heavy atom. The third kappa shape index (κ3) is 3.22. The van der Waals surface area contributed by atoms with Crippen LogP contribution < -0.4 is 10.0 Å². The van der Waals surface area contributed by atoms with Crippen LogP contribution >= 0.6 is 0 Å². The lowest BCUT2D eigenvalue weighted by atomic mass is 10.1. The number of anilines is 1. The van der Waals surface area contributed by atoms with Crippen LogP contribution in [0.1, 0.15) is 27.9 Å². The van der Waals surface area contributed by atoms with Gasteiger partial charge in [-0.05, 0) is 66.8 Å². The number of carbonyl (C=O) groups is 1. The molecule has 1 aliphatic carbocycles. The summed E-state index contributed by atoms with van der Waals surface area (Å²) in [5.41, 5.74) is 3.26. The second-order valence-corrected chi connectivity index (χ2v) is 7.23. The zero-order valence-electron chi connectivity index (χ0n) is 12.8. The molecule has 23 heavy (non-hydrogen) atoms. The van der Waals surface area contributed by atoms with E-state index < -0.39 is 10.0 Å². The monoisotopic (exact) mass is 330 g/mol. The molecule has 0 aromatic heterocycles. The van der Waals surface area contributed by atoms with Gasteiger partial charge in [0.25, 0.3) is 15.9 Å². The molecule has 6 heteroatoms. The van der Waals surface area contributed by atoms with Gasteiger partial charge in [-0.25, -0.2) is 8.42 Å². The van der Waals surface area contributed by atoms with E-state index >= 15 is 0 Å². The Balaban J connectivity index is 1.82. The summed E-state index contributed by atoms with van der Waals surface area (Å²) in [6.07, 6.45) is 3.02. The molecule has 5 nitrogen and oxygen atoms in total. The highest BCUT2D eigenvalue weighted by Crippen LogP contribution is 2.25. The fraction of sp³-hybridized carbons (Fsp3) is 0.235. The number of sulfonamides is 1. The first-order valence-electron chi connectivity index (χ1n) is 7.46. The minimum absolute atomic E-state index is 0.210. The van der Waals surface area contributed by atoms with Gasteiger partial charge in [0.05, 0.1) is 4.90 Å². The lowest BCUT2D eigenvalue weighted by Crippen LogP contribution is -2.18. The number of hydrogen-bond donors (Lipinski definition) is 2. The average molecular weight is 330 g/mol. The third-order valence-electron chi connectivity index (χ3n) is 4.01. The second-order valence-electron chi connectivity index (χ2n) is 5.55. The summed E-state index contributed by atoms with van der Waals surface area (Å²) in [5.74, 6) is -0.210. The van der Waals surface area contributed by atoms with Gasteiger partial charge in [-0.3, -0.25) is 9.52 Å². The van der Waals surface area contributed by atoms with Crippen LogP contribution in [-0.4, -0.2) is 21.4 Å². The molecule has 0 aliphatic heterocycles. The van der Waals surface area contributed by atoms with Crippen molar-refractivity contribution in [3.63, 3.8) is 0 Å². The Bertz CT molecular complexity index is 843. The number of fused-ring (bicyclic) bond motifs is 1. The molecule has 0 atom stereocenters. The van der Waals surface area contributed by atoms with E-state index in [9.17, 15) is 13.2 Å². The maximum atomic E-state index is 12.5. The maximum Gasteiger partial charge on any atom is 0.261 e. The molecule has 3 rings (SSSR count). The summed E-state index contributed by atoms with van der Waals surface area (Å²) in [6.45, 7) is 0. The number of benzene rings is 2. The van der Waals surface area contributed by atoms with E-state index in [0.717, 1.165) is 24.8 Å². The number of amides is 1. The number of rotatable bonds is 4. The molecule has 0 unspecified atom stereocenters. The summed E-state index contributed by atoms with van der Waals surface area (Å²) in [5, 5.41) is 2.52. The molecular weight excluding hydrogens is 312 g/mol. The van der Waals surface area contributed by atoms with Crippen molar-refractivity contribution in [3.8, 4) is 0 Å². The van der Waals surface area contributed by atoms with Crippen LogP contribution in [0.25, 0.3) is 0 Å². The zero-order chi connectivity index (χ0) is 16.4. The molecule has 1 aliphatic rings. The highest BCUT2D eigenvalue weighted by molar-refractivity contribution is 7.92. The molecule has 0 heterocycles. The Morgan fingerprint density at radius 3 is 2.39 bits per heavy atom. The van der Waals surface area contributed by atoms with E-state index in [1.54, 1.807) is 43.4 Å². The largest absolute Gasteiger partial charge is 0.355 e. The van der Waals surface area contributed by atoms with Crippen LogP contribution in [0.4, 0.5) is 5.69 Å². The maximum absolute atomic E-state index is 12.5. The number of nitrogens with one attached hydrogen (secondary N) is 2. The van der Waals surface area contributed by atoms with E-state index in [1.807, 2.05) is 6.07 Å². The predicted octanol–water partition coefficient (Wildman–Crippen LogP) is 2.34. The van der Waals surface area contributed by atoms with Crippen molar-refractivity contribution in [2.24, 2.45) is 0 Å². The second kappa shape index (κ2) is 6.04. The summed E-state index contributed by atoms with van der Waals surface area (Å²) in [4.78, 5) is 11.8. The molecule has 2 aromatic rings. The quantitative estimate of drug-likeness (QED) is 0.903. The lowest BCUT2D eigenvalue weighted by molar-refractivity contribution is 0.0963. The summed E-state index contributed by atoms with van der Waals surface area (Å²) < 4.78 is 27.5. The molecule has 0 saturated heterocycles. The molecule has 0 saturated carbocycles. The number of hydrogen-bond acceptors (Lipinski definition) is 3. The Labute approximate surface area is 135 Å². The smallest absolute Gasteiger partial charge is 0.261 e. The van der Waals surface area contributed by atoms with Crippen LogP contribution in [-0.2, 0) is 22.9 Å². The van der Waals surface area contributed by atoms with Crippen LogP contribution in [0.2, 0.25) is 0 Å². The minimum atomic E-state index is -3.62. The first kappa shape index (κ1) is 15.6. The van der Waals surface area contributed by atoms with Crippen LogP contribution in [0, 0.1) is 0 Å². The summed E-state index contributed by atoms with van der Waals surface area (Å²) in [6, 6.07) is 11.6. The van der Waals surface area contributed by atoms with Gasteiger partial charge in [0.2, 0.25) is 0 Å². The molecular formula is C17H18N2O3S. The van der Waals surface area contributed by atoms with Gasteiger partial charge in [0, 0.05) is 18.3 Å². The van der Waals surface area contributed by atoms with Crippen molar-refractivity contribution in [2.75, 3.05) is 11.8 Å². The van der Waals surface area contributed by atoms with E-state index in [1.165, 1.54) is 5.56 Å². The first-order chi connectivity index (χ1) is 11.0. The third-order valence-corrected chi connectivity index (χ3v) is 5.39. The van der Waals surface area contributed by atoms with Crippen molar-refractivity contribution in [1.82, 2.24) is 5.32 Å². The molecule has 0 spiro atoms. The van der Waals surface area contributed by atoms with E-state index in [4.69, 9.17) is 0 Å². The van der Waals surface area contributed by atoms with Crippen molar-refractivity contribution >= 4 is 21.6 Å². The van der Waals surface area contributed by atoms with Crippen molar-refractivity contribution in [1.29, 1.82) is 0 Å². The predicted molar refractivity (Wildman–Crippen MR) is 89.1 cm³/mol. The summed E-state index contributed by atoms with van der Waals surface area (Å²) >= 11 is 0. The first-order valence-corrected chi connectivity index (χ1v) is 8.95. The van der Waals surface area contributed by atoms with Crippen LogP contribution in [0.15, 0.2) is 47.4 Å². The molecule has 120 valence electrons. The fourth-order valence-corrected chi connectivity index (χ4v) is 3.87. The molecule has 2 N–H and O–H groups in total. The van der Waals surface area contributed by atoms with E-state index in [2.05, 4.69) is 10.0 Å². The molecule has 0 bridgehead atoms. The van der Waals surface area contributed by atoms with Gasteiger partial charge in [0.15, 0.2) is 0 Å². The number of aryl methyl sites for hydroxylation is 2. The average Bonchev–Trinajstić information content (AvgIpc) is 3.02. The van der Waals surface area contributed by atoms with Crippen molar-refractivity contribution in [3.05, 3.63) is 59.2 Å². The zero-order valence-corrected chi connectivity index (χ0v) is 13.6. The van der Waals surface area contributed by atoms with Gasteiger partial charge >= 0.3 is 0 Å². The SMILES string of the molecule is CNC(=O)c1ccc(NS(=O)(=O)c2ccc3c(c2)CCC3)cc1. The van der Waals surface area contributed by atoms with Gasteiger partial charge < -0.3 is 5.32 Å². The summed E-state index contributed by atoms with van der Waals surface area (Å²) in [7, 11) is -2.08. The van der Waals surface area contributed by atoms with Crippen molar-refractivity contribution in [2.45, 2.75) is 24.2 Å². The molecule has 0 radical (unpaired) electrons. The lowest BCUT2D eigenvalue weighted by Gasteiger charge is -2.10. The Morgan fingerprint density at radius 1 is 1.00 bits per heavy atom. The Hall–Kier alpha value is -2.34.